The second kappa shape index (κ2) is 21.9. The predicted molar refractivity (Wildman–Crippen MR) is 204 cm³/mol. The van der Waals surface area contributed by atoms with Crippen molar-refractivity contribution in [1.82, 2.24) is 15.5 Å². The number of carboxylic acid groups (broad SMARTS) is 2. The van der Waals surface area contributed by atoms with E-state index in [1.807, 2.05) is 67.6 Å². The van der Waals surface area contributed by atoms with Crippen molar-refractivity contribution in [3.63, 3.8) is 0 Å². The van der Waals surface area contributed by atoms with Crippen molar-refractivity contribution in [1.29, 1.82) is 0 Å². The van der Waals surface area contributed by atoms with Crippen LogP contribution in [0.2, 0.25) is 0 Å². The van der Waals surface area contributed by atoms with Crippen molar-refractivity contribution >= 4 is 57.4 Å². The van der Waals surface area contributed by atoms with E-state index in [4.69, 9.17) is 38.2 Å². The Hall–Kier alpha value is -5.44. The molecular weight excluding hydrogens is 741 g/mol. The molecule has 1 heterocycles. The van der Waals surface area contributed by atoms with E-state index in [0.717, 1.165) is 55.6 Å². The summed E-state index contributed by atoms with van der Waals surface area (Å²) in [7, 11) is 2.11. The maximum Gasteiger partial charge on any atom is 0.335 e. The van der Waals surface area contributed by atoms with Crippen LogP contribution in [-0.2, 0) is 4.74 Å². The van der Waals surface area contributed by atoms with E-state index in [0.29, 0.717) is 0 Å². The van der Waals surface area contributed by atoms with Gasteiger partial charge in [0.2, 0.25) is 0 Å². The number of carbonyl (C=O) groups is 6. The molecule has 0 bridgehead atoms. The SMILES string of the molecule is CC(NC(=O)c1cc(C(=O)Cl)cc(C(=O)Cl)c1)c1ccccc1.CC(NC(=O)c1cc(C(=O)O)cc(C(=O)O)c1)c1ccccc1.CN1CCOCC1.O. The van der Waals surface area contributed by atoms with Crippen LogP contribution in [0.25, 0.3) is 0 Å². The molecule has 54 heavy (non-hydrogen) atoms. The first-order valence-electron chi connectivity index (χ1n) is 16.3. The third-order valence-corrected chi connectivity index (χ3v) is 8.30. The summed E-state index contributed by atoms with van der Waals surface area (Å²) in [5, 5.41) is 22.0. The quantitative estimate of drug-likeness (QED) is 0.146. The van der Waals surface area contributed by atoms with Gasteiger partial charge in [-0.05, 0) is 91.6 Å². The molecule has 1 aliphatic heterocycles. The Labute approximate surface area is 322 Å². The van der Waals surface area contributed by atoms with E-state index in [2.05, 4.69) is 22.6 Å². The van der Waals surface area contributed by atoms with Crippen molar-refractivity contribution in [2.75, 3.05) is 33.4 Å². The molecule has 1 saturated heterocycles. The first kappa shape index (κ1) is 44.7. The summed E-state index contributed by atoms with van der Waals surface area (Å²) in [5.74, 6) is -3.55. The molecule has 4 aromatic carbocycles. The highest BCUT2D eigenvalue weighted by molar-refractivity contribution is 6.69. The summed E-state index contributed by atoms with van der Waals surface area (Å²) in [6.07, 6.45) is 0. The Bertz CT molecular complexity index is 1730. The number of rotatable bonds is 10. The van der Waals surface area contributed by atoms with Crippen molar-refractivity contribution in [2.24, 2.45) is 0 Å². The number of amides is 2. The van der Waals surface area contributed by atoms with Gasteiger partial charge in [-0.15, -0.1) is 0 Å². The smallest absolute Gasteiger partial charge is 0.335 e. The Morgan fingerprint density at radius 1 is 0.593 bits per heavy atom. The summed E-state index contributed by atoms with van der Waals surface area (Å²) in [4.78, 5) is 71.7. The van der Waals surface area contributed by atoms with Crippen LogP contribution in [0.4, 0.5) is 0 Å². The summed E-state index contributed by atoms with van der Waals surface area (Å²) >= 11 is 10.9. The van der Waals surface area contributed by atoms with Gasteiger partial charge in [0.15, 0.2) is 0 Å². The minimum Gasteiger partial charge on any atom is -0.478 e. The van der Waals surface area contributed by atoms with E-state index in [1.165, 1.54) is 18.2 Å². The lowest BCUT2D eigenvalue weighted by Gasteiger charge is -2.21. The normalized spacial score (nSPS) is 13.1. The lowest BCUT2D eigenvalue weighted by atomic mass is 10.0. The fraction of sp³-hybridized carbons (Fsp3) is 0.231. The minimum atomic E-state index is -1.29. The molecule has 0 radical (unpaired) electrons. The van der Waals surface area contributed by atoms with Crippen molar-refractivity contribution in [3.05, 3.63) is 142 Å². The van der Waals surface area contributed by atoms with Gasteiger partial charge in [-0.2, -0.15) is 0 Å². The number of morpholine rings is 1. The average molecular weight is 783 g/mol. The molecule has 0 saturated carbocycles. The molecule has 0 aliphatic carbocycles. The Balaban J connectivity index is 0.000000311. The molecule has 1 aliphatic rings. The van der Waals surface area contributed by atoms with E-state index >= 15 is 0 Å². The van der Waals surface area contributed by atoms with E-state index in [1.54, 1.807) is 6.92 Å². The van der Waals surface area contributed by atoms with Gasteiger partial charge in [0.1, 0.15) is 0 Å². The number of likely N-dealkylation sites (N-methyl/N-ethyl adjacent to an activating group) is 1. The number of carbonyl (C=O) groups excluding carboxylic acids is 4. The molecule has 2 amide bonds. The highest BCUT2D eigenvalue weighted by Crippen LogP contribution is 2.18. The van der Waals surface area contributed by atoms with Crippen LogP contribution in [-0.4, -0.2) is 88.2 Å². The zero-order valence-electron chi connectivity index (χ0n) is 29.7. The molecule has 13 nitrogen and oxygen atoms in total. The maximum absolute atomic E-state index is 12.4. The van der Waals surface area contributed by atoms with Gasteiger partial charge in [-0.3, -0.25) is 19.2 Å². The summed E-state index contributed by atoms with van der Waals surface area (Å²) < 4.78 is 5.10. The molecule has 5 rings (SSSR count). The lowest BCUT2D eigenvalue weighted by molar-refractivity contribution is 0.0503. The van der Waals surface area contributed by atoms with Gasteiger partial charge in [0, 0.05) is 35.3 Å². The second-order valence-electron chi connectivity index (χ2n) is 11.9. The number of aromatic carboxylic acids is 2. The highest BCUT2D eigenvalue weighted by atomic mass is 35.5. The lowest BCUT2D eigenvalue weighted by Crippen LogP contribution is -2.32. The number of carboxylic acids is 2. The fourth-order valence-electron chi connectivity index (χ4n) is 4.86. The molecule has 6 N–H and O–H groups in total. The third kappa shape index (κ3) is 14.2. The molecular formula is C39H41Cl2N3O10. The highest BCUT2D eigenvalue weighted by Gasteiger charge is 2.18. The van der Waals surface area contributed by atoms with Crippen LogP contribution in [0.15, 0.2) is 97.1 Å². The number of nitrogens with one attached hydrogen (secondary N) is 2. The molecule has 2 unspecified atom stereocenters. The number of halogens is 2. The van der Waals surface area contributed by atoms with Gasteiger partial charge < -0.3 is 36.0 Å². The van der Waals surface area contributed by atoms with Gasteiger partial charge in [0.25, 0.3) is 22.3 Å². The first-order chi connectivity index (χ1) is 25.2. The predicted octanol–water partition coefficient (Wildman–Crippen LogP) is 5.63. The van der Waals surface area contributed by atoms with Crippen molar-refractivity contribution in [2.45, 2.75) is 25.9 Å². The number of nitrogens with zero attached hydrogens (tertiary/aromatic N) is 1. The van der Waals surface area contributed by atoms with Crippen LogP contribution in [0.3, 0.4) is 0 Å². The molecule has 0 spiro atoms. The Kier molecular flexibility index (Phi) is 18.2. The Morgan fingerprint density at radius 3 is 1.20 bits per heavy atom. The maximum atomic E-state index is 12.4. The van der Waals surface area contributed by atoms with Gasteiger partial charge >= 0.3 is 11.9 Å². The molecule has 0 aromatic heterocycles. The molecule has 4 aromatic rings. The topological polar surface area (TPSA) is 211 Å². The number of ether oxygens (including phenoxy) is 1. The largest absolute Gasteiger partial charge is 0.478 e. The van der Waals surface area contributed by atoms with E-state index in [9.17, 15) is 28.8 Å². The van der Waals surface area contributed by atoms with E-state index < -0.39 is 34.2 Å². The van der Waals surface area contributed by atoms with Crippen LogP contribution < -0.4 is 10.6 Å². The minimum absolute atomic E-state index is 0. The fourth-order valence-corrected chi connectivity index (χ4v) is 5.07. The molecule has 15 heteroatoms. The standard InChI is InChI=1S/C17H13Cl2NO3.C17H15NO5.C5H11NO.H2O/c1-10(11-5-3-2-4-6-11)20-17(23)14-8-12(15(18)21)7-13(9-14)16(19)22;1-10(11-5-3-2-4-6-11)18-15(19)12-7-13(16(20)21)9-14(8-12)17(22)23;1-6-2-4-7-5-3-6;/h2-10H,1H3,(H,20,23);2-10H,1H3,(H,18,19)(H,20,21)(H,22,23);2-5H2,1H3;1H2. The van der Waals surface area contributed by atoms with Gasteiger partial charge in [-0.1, -0.05) is 60.7 Å². The van der Waals surface area contributed by atoms with Crippen LogP contribution in [0.1, 0.15) is 99.2 Å². The van der Waals surface area contributed by atoms with Crippen molar-refractivity contribution in [3.8, 4) is 0 Å². The van der Waals surface area contributed by atoms with Gasteiger partial charge in [0.05, 0.1) is 36.4 Å². The molecule has 286 valence electrons. The number of benzene rings is 4. The monoisotopic (exact) mass is 781 g/mol. The number of hydrogen-bond donors (Lipinski definition) is 4. The van der Waals surface area contributed by atoms with Crippen LogP contribution >= 0.6 is 23.2 Å². The number of hydrogen-bond acceptors (Lipinski definition) is 8. The van der Waals surface area contributed by atoms with Gasteiger partial charge in [-0.25, -0.2) is 9.59 Å². The second-order valence-corrected chi connectivity index (χ2v) is 12.6. The van der Waals surface area contributed by atoms with Crippen LogP contribution in [0.5, 0.6) is 0 Å². The zero-order valence-corrected chi connectivity index (χ0v) is 31.2. The molecule has 1 fully saturated rings. The molecule has 2 atom stereocenters. The zero-order chi connectivity index (χ0) is 39.1. The summed E-state index contributed by atoms with van der Waals surface area (Å²) in [5.41, 5.74) is 1.53. The summed E-state index contributed by atoms with van der Waals surface area (Å²) in [6.45, 7) is 7.64. The summed E-state index contributed by atoms with van der Waals surface area (Å²) in [6, 6.07) is 25.3. The van der Waals surface area contributed by atoms with Crippen molar-refractivity contribution < 1.29 is 49.2 Å². The Morgan fingerprint density at radius 2 is 0.907 bits per heavy atom. The third-order valence-electron chi connectivity index (χ3n) is 7.87. The van der Waals surface area contributed by atoms with E-state index in [-0.39, 0.29) is 50.9 Å². The first-order valence-corrected chi connectivity index (χ1v) is 17.1. The average Bonchev–Trinajstić information content (AvgIpc) is 3.15. The van der Waals surface area contributed by atoms with Crippen LogP contribution in [0, 0.1) is 0 Å².